The van der Waals surface area contributed by atoms with Gasteiger partial charge in [-0.25, -0.2) is 0 Å². The van der Waals surface area contributed by atoms with E-state index in [-0.39, 0.29) is 12.5 Å². The van der Waals surface area contributed by atoms with Crippen molar-refractivity contribution in [1.29, 1.82) is 0 Å². The van der Waals surface area contributed by atoms with E-state index in [2.05, 4.69) is 15.4 Å². The van der Waals surface area contributed by atoms with E-state index in [0.717, 1.165) is 42.1 Å². The summed E-state index contributed by atoms with van der Waals surface area (Å²) < 4.78 is 7.62. The van der Waals surface area contributed by atoms with Crippen LogP contribution in [0, 0.1) is 13.8 Å². The molecule has 0 aliphatic heterocycles. The summed E-state index contributed by atoms with van der Waals surface area (Å²) in [5, 5.41) is 7.25. The lowest BCUT2D eigenvalue weighted by Crippen LogP contribution is -2.32. The molecule has 1 amide bonds. The molecule has 1 aliphatic rings. The Bertz CT molecular complexity index is 724. The maximum absolute atomic E-state index is 12.0. The highest BCUT2D eigenvalue weighted by Crippen LogP contribution is 2.27. The molecule has 2 aromatic rings. The maximum atomic E-state index is 12.0. The zero-order chi connectivity index (χ0) is 16.9. The van der Waals surface area contributed by atoms with Gasteiger partial charge in [-0.15, -0.1) is 0 Å². The van der Waals surface area contributed by atoms with E-state index in [0.29, 0.717) is 13.1 Å². The van der Waals surface area contributed by atoms with Gasteiger partial charge in [-0.1, -0.05) is 0 Å². The van der Waals surface area contributed by atoms with Gasteiger partial charge in [-0.05, 0) is 51.7 Å². The summed E-state index contributed by atoms with van der Waals surface area (Å²) in [7, 11) is 0. The minimum Gasteiger partial charge on any atom is -0.483 e. The molecule has 6 heteroatoms. The van der Waals surface area contributed by atoms with Crippen LogP contribution in [0.25, 0.3) is 0 Å². The Morgan fingerprint density at radius 1 is 1.33 bits per heavy atom. The number of fused-ring (bicyclic) bond motifs is 1. The van der Waals surface area contributed by atoms with Gasteiger partial charge in [0.05, 0.1) is 12.2 Å². The number of amides is 1. The summed E-state index contributed by atoms with van der Waals surface area (Å²) in [5.41, 5.74) is 4.37. The van der Waals surface area contributed by atoms with Crippen molar-refractivity contribution < 1.29 is 9.53 Å². The summed E-state index contributed by atoms with van der Waals surface area (Å²) in [4.78, 5) is 16.4. The van der Waals surface area contributed by atoms with Crippen LogP contribution >= 0.6 is 0 Å². The number of hydrogen-bond acceptors (Lipinski definition) is 4. The molecule has 0 saturated heterocycles. The minimum atomic E-state index is -0.113. The predicted octanol–water partition coefficient (Wildman–Crippen LogP) is 1.97. The molecular formula is C18H24N4O2. The van der Waals surface area contributed by atoms with Crippen molar-refractivity contribution in [3.05, 3.63) is 41.0 Å². The molecule has 2 heterocycles. The highest BCUT2D eigenvalue weighted by Gasteiger charge is 2.15. The Kier molecular flexibility index (Phi) is 5.13. The SMILES string of the molecule is Cc1cc(C)n(CCNC(=O)COc2ccnc3c2CCCC3)n1. The lowest BCUT2D eigenvalue weighted by molar-refractivity contribution is -0.123. The molecule has 2 aromatic heterocycles. The van der Waals surface area contributed by atoms with Crippen molar-refractivity contribution in [2.75, 3.05) is 13.2 Å². The van der Waals surface area contributed by atoms with Crippen LogP contribution in [-0.4, -0.2) is 33.8 Å². The smallest absolute Gasteiger partial charge is 0.258 e. The fourth-order valence-corrected chi connectivity index (χ4v) is 3.12. The first-order valence-electron chi connectivity index (χ1n) is 8.51. The van der Waals surface area contributed by atoms with Gasteiger partial charge in [-0.3, -0.25) is 14.5 Å². The molecule has 3 rings (SSSR count). The van der Waals surface area contributed by atoms with Gasteiger partial charge < -0.3 is 10.1 Å². The monoisotopic (exact) mass is 328 g/mol. The van der Waals surface area contributed by atoms with Crippen LogP contribution in [0.5, 0.6) is 5.75 Å². The highest BCUT2D eigenvalue weighted by molar-refractivity contribution is 5.77. The van der Waals surface area contributed by atoms with E-state index in [1.807, 2.05) is 30.7 Å². The summed E-state index contributed by atoms with van der Waals surface area (Å²) in [5.74, 6) is 0.686. The van der Waals surface area contributed by atoms with Crippen LogP contribution in [0.1, 0.15) is 35.5 Å². The van der Waals surface area contributed by atoms with E-state index < -0.39 is 0 Å². The van der Waals surface area contributed by atoms with Crippen LogP contribution < -0.4 is 10.1 Å². The number of pyridine rings is 1. The number of ether oxygens (including phenoxy) is 1. The molecule has 1 N–H and O–H groups in total. The van der Waals surface area contributed by atoms with E-state index in [1.54, 1.807) is 6.20 Å². The van der Waals surface area contributed by atoms with Crippen LogP contribution in [0.4, 0.5) is 0 Å². The lowest BCUT2D eigenvalue weighted by Gasteiger charge is -2.18. The molecule has 1 aliphatic carbocycles. The third kappa shape index (κ3) is 3.93. The molecule has 0 unspecified atom stereocenters. The third-order valence-electron chi connectivity index (χ3n) is 4.30. The minimum absolute atomic E-state index is 0.0353. The molecule has 128 valence electrons. The highest BCUT2D eigenvalue weighted by atomic mass is 16.5. The number of carbonyl (C=O) groups excluding carboxylic acids is 1. The van der Waals surface area contributed by atoms with Crippen molar-refractivity contribution >= 4 is 5.91 Å². The number of rotatable bonds is 6. The Morgan fingerprint density at radius 3 is 2.96 bits per heavy atom. The van der Waals surface area contributed by atoms with Crippen LogP contribution in [-0.2, 0) is 24.2 Å². The third-order valence-corrected chi connectivity index (χ3v) is 4.30. The molecule has 0 bridgehead atoms. The first-order chi connectivity index (χ1) is 11.6. The normalized spacial score (nSPS) is 13.4. The Balaban J connectivity index is 1.47. The Hall–Kier alpha value is -2.37. The van der Waals surface area contributed by atoms with Gasteiger partial charge in [0.1, 0.15) is 5.75 Å². The number of aromatic nitrogens is 3. The molecular weight excluding hydrogens is 304 g/mol. The molecule has 0 fully saturated rings. The summed E-state index contributed by atoms with van der Waals surface area (Å²) >= 11 is 0. The van der Waals surface area contributed by atoms with Crippen LogP contribution in [0.15, 0.2) is 18.3 Å². The number of nitrogens with zero attached hydrogens (tertiary/aromatic N) is 3. The second kappa shape index (κ2) is 7.47. The zero-order valence-electron chi connectivity index (χ0n) is 14.3. The quantitative estimate of drug-likeness (QED) is 0.880. The fraction of sp³-hybridized carbons (Fsp3) is 0.500. The van der Waals surface area contributed by atoms with Gasteiger partial charge in [-0.2, -0.15) is 5.10 Å². The first-order valence-corrected chi connectivity index (χ1v) is 8.51. The average Bonchev–Trinajstić information content (AvgIpc) is 2.90. The van der Waals surface area contributed by atoms with Gasteiger partial charge in [0.2, 0.25) is 0 Å². The number of nitrogens with one attached hydrogen (secondary N) is 1. The van der Waals surface area contributed by atoms with E-state index in [1.165, 1.54) is 12.0 Å². The Labute approximate surface area is 142 Å². The second-order valence-corrected chi connectivity index (χ2v) is 6.23. The van der Waals surface area contributed by atoms with Crippen molar-refractivity contribution in [2.45, 2.75) is 46.1 Å². The van der Waals surface area contributed by atoms with Gasteiger partial charge in [0.15, 0.2) is 6.61 Å². The van der Waals surface area contributed by atoms with Gasteiger partial charge in [0.25, 0.3) is 5.91 Å². The summed E-state index contributed by atoms with van der Waals surface area (Å²) in [6.07, 6.45) is 6.08. The summed E-state index contributed by atoms with van der Waals surface area (Å²) in [6.45, 7) is 5.21. The molecule has 24 heavy (non-hydrogen) atoms. The van der Waals surface area contributed by atoms with Crippen LogP contribution in [0.3, 0.4) is 0 Å². The number of hydrogen-bond donors (Lipinski definition) is 1. The van der Waals surface area contributed by atoms with Crippen molar-refractivity contribution in [2.24, 2.45) is 0 Å². The summed E-state index contributed by atoms with van der Waals surface area (Å²) in [6, 6.07) is 3.88. The standard InChI is InChI=1S/C18H24N4O2/c1-13-11-14(2)22(21-13)10-9-20-18(23)12-24-17-7-8-19-16-6-4-3-5-15(16)17/h7-8,11H,3-6,9-10,12H2,1-2H3,(H,20,23). The number of aryl methyl sites for hydroxylation is 3. The second-order valence-electron chi connectivity index (χ2n) is 6.23. The molecule has 0 spiro atoms. The molecule has 0 atom stereocenters. The molecule has 0 saturated carbocycles. The lowest BCUT2D eigenvalue weighted by atomic mass is 9.95. The number of carbonyl (C=O) groups is 1. The van der Waals surface area contributed by atoms with E-state index >= 15 is 0 Å². The maximum Gasteiger partial charge on any atom is 0.258 e. The Morgan fingerprint density at radius 2 is 2.17 bits per heavy atom. The fourth-order valence-electron chi connectivity index (χ4n) is 3.12. The molecule has 0 aromatic carbocycles. The molecule has 6 nitrogen and oxygen atoms in total. The average molecular weight is 328 g/mol. The van der Waals surface area contributed by atoms with Crippen molar-refractivity contribution in [3.8, 4) is 5.75 Å². The van der Waals surface area contributed by atoms with Crippen molar-refractivity contribution in [1.82, 2.24) is 20.1 Å². The van der Waals surface area contributed by atoms with Gasteiger partial charge >= 0.3 is 0 Å². The van der Waals surface area contributed by atoms with Gasteiger partial charge in [0, 0.05) is 29.7 Å². The first kappa shape index (κ1) is 16.5. The largest absolute Gasteiger partial charge is 0.483 e. The zero-order valence-corrected chi connectivity index (χ0v) is 14.3. The predicted molar refractivity (Wildman–Crippen MR) is 91.1 cm³/mol. The topological polar surface area (TPSA) is 69.0 Å². The van der Waals surface area contributed by atoms with E-state index in [4.69, 9.17) is 4.74 Å². The van der Waals surface area contributed by atoms with E-state index in [9.17, 15) is 4.79 Å². The van der Waals surface area contributed by atoms with Crippen molar-refractivity contribution in [3.63, 3.8) is 0 Å². The molecule has 0 radical (unpaired) electrons. The van der Waals surface area contributed by atoms with Crippen LogP contribution in [0.2, 0.25) is 0 Å².